The highest BCUT2D eigenvalue weighted by Crippen LogP contribution is 2.38. The van der Waals surface area contributed by atoms with Crippen LogP contribution in [0.1, 0.15) is 49.9 Å². The number of rotatable bonds is 2. The van der Waals surface area contributed by atoms with Crippen LogP contribution in [0.25, 0.3) is 0 Å². The Balaban J connectivity index is 1.80. The van der Waals surface area contributed by atoms with Gasteiger partial charge in [0.05, 0.1) is 5.54 Å². The molecule has 1 unspecified atom stereocenters. The summed E-state index contributed by atoms with van der Waals surface area (Å²) in [5.74, 6) is 0.343. The van der Waals surface area contributed by atoms with Crippen LogP contribution >= 0.6 is 0 Å². The molecule has 0 saturated carbocycles. The van der Waals surface area contributed by atoms with E-state index < -0.39 is 0 Å². The van der Waals surface area contributed by atoms with Crippen molar-refractivity contribution in [3.05, 3.63) is 35.9 Å². The van der Waals surface area contributed by atoms with Crippen LogP contribution in [0.3, 0.4) is 0 Å². The third-order valence-electron chi connectivity index (χ3n) is 5.22. The predicted molar refractivity (Wildman–Crippen MR) is 90.1 cm³/mol. The SMILES string of the molecule is CC(C)C(=O)N1CCCC12CCCN(C(=O)c1ccccc1)C2. The lowest BCUT2D eigenvalue weighted by Gasteiger charge is -2.46. The average Bonchev–Trinajstić information content (AvgIpc) is 2.96. The smallest absolute Gasteiger partial charge is 0.253 e. The third-order valence-corrected chi connectivity index (χ3v) is 5.22. The molecular weight excluding hydrogens is 288 g/mol. The average molecular weight is 314 g/mol. The summed E-state index contributed by atoms with van der Waals surface area (Å²) in [7, 11) is 0. The zero-order valence-corrected chi connectivity index (χ0v) is 14.1. The number of carbonyl (C=O) groups excluding carboxylic acids is 2. The largest absolute Gasteiger partial charge is 0.336 e. The number of benzene rings is 1. The van der Waals surface area contributed by atoms with Crippen molar-refractivity contribution in [3.63, 3.8) is 0 Å². The first-order chi connectivity index (χ1) is 11.0. The molecule has 2 amide bonds. The fourth-order valence-electron chi connectivity index (χ4n) is 4.07. The Morgan fingerprint density at radius 3 is 2.35 bits per heavy atom. The van der Waals surface area contributed by atoms with Crippen molar-refractivity contribution in [2.24, 2.45) is 5.92 Å². The Morgan fingerprint density at radius 1 is 1.04 bits per heavy atom. The second-order valence-electron chi connectivity index (χ2n) is 7.17. The molecular formula is C19H26N2O2. The van der Waals surface area contributed by atoms with Gasteiger partial charge in [0.2, 0.25) is 5.91 Å². The van der Waals surface area contributed by atoms with E-state index in [9.17, 15) is 9.59 Å². The van der Waals surface area contributed by atoms with Gasteiger partial charge in [0.1, 0.15) is 0 Å². The monoisotopic (exact) mass is 314 g/mol. The Bertz CT molecular complexity index is 584. The fourth-order valence-corrected chi connectivity index (χ4v) is 4.07. The van der Waals surface area contributed by atoms with Crippen LogP contribution in [0, 0.1) is 5.92 Å². The molecule has 124 valence electrons. The molecule has 2 aliphatic heterocycles. The Kier molecular flexibility index (Phi) is 4.42. The van der Waals surface area contributed by atoms with Crippen molar-refractivity contribution in [1.29, 1.82) is 0 Å². The molecule has 23 heavy (non-hydrogen) atoms. The van der Waals surface area contributed by atoms with Gasteiger partial charge in [0.15, 0.2) is 0 Å². The molecule has 0 aromatic heterocycles. The van der Waals surface area contributed by atoms with Gasteiger partial charge in [-0.25, -0.2) is 0 Å². The van der Waals surface area contributed by atoms with E-state index in [1.807, 2.05) is 49.1 Å². The number of likely N-dealkylation sites (tertiary alicyclic amines) is 2. The summed E-state index contributed by atoms with van der Waals surface area (Å²) in [6.07, 6.45) is 4.06. The molecule has 2 fully saturated rings. The summed E-state index contributed by atoms with van der Waals surface area (Å²) in [6.45, 7) is 6.23. The lowest BCUT2D eigenvalue weighted by atomic mass is 9.85. The summed E-state index contributed by atoms with van der Waals surface area (Å²) in [5, 5.41) is 0. The molecule has 1 aromatic rings. The molecule has 4 nitrogen and oxygen atoms in total. The molecule has 2 saturated heterocycles. The summed E-state index contributed by atoms with van der Waals surface area (Å²) in [6, 6.07) is 9.47. The van der Waals surface area contributed by atoms with Crippen molar-refractivity contribution in [3.8, 4) is 0 Å². The van der Waals surface area contributed by atoms with Crippen LogP contribution in [0.15, 0.2) is 30.3 Å². The minimum atomic E-state index is -0.135. The lowest BCUT2D eigenvalue weighted by molar-refractivity contribution is -0.140. The minimum absolute atomic E-state index is 0.0187. The van der Waals surface area contributed by atoms with E-state index in [0.717, 1.165) is 44.3 Å². The summed E-state index contributed by atoms with van der Waals surface area (Å²) < 4.78 is 0. The van der Waals surface area contributed by atoms with Crippen LogP contribution in [0.4, 0.5) is 0 Å². The standard InChI is InChI=1S/C19H26N2O2/c1-15(2)17(22)21-13-7-11-19(21)10-6-12-20(14-19)18(23)16-8-4-3-5-9-16/h3-5,8-9,15H,6-7,10-14H2,1-2H3. The highest BCUT2D eigenvalue weighted by Gasteiger charge is 2.47. The maximum absolute atomic E-state index is 12.8. The van der Waals surface area contributed by atoms with E-state index in [-0.39, 0.29) is 23.3 Å². The van der Waals surface area contributed by atoms with Gasteiger partial charge < -0.3 is 9.80 Å². The van der Waals surface area contributed by atoms with Gasteiger partial charge >= 0.3 is 0 Å². The van der Waals surface area contributed by atoms with Crippen LogP contribution in [0.2, 0.25) is 0 Å². The number of hydrogen-bond donors (Lipinski definition) is 0. The van der Waals surface area contributed by atoms with Crippen molar-refractivity contribution in [2.45, 2.75) is 45.1 Å². The molecule has 1 atom stereocenters. The minimum Gasteiger partial charge on any atom is -0.336 e. The Hall–Kier alpha value is -1.84. The van der Waals surface area contributed by atoms with Gasteiger partial charge in [-0.15, -0.1) is 0 Å². The first kappa shape index (κ1) is 16.0. The number of amides is 2. The first-order valence-corrected chi connectivity index (χ1v) is 8.69. The van der Waals surface area contributed by atoms with Crippen LogP contribution in [0.5, 0.6) is 0 Å². The molecule has 4 heteroatoms. The molecule has 0 N–H and O–H groups in total. The zero-order valence-electron chi connectivity index (χ0n) is 14.1. The van der Waals surface area contributed by atoms with Crippen LogP contribution in [-0.4, -0.2) is 46.8 Å². The second kappa shape index (κ2) is 6.34. The highest BCUT2D eigenvalue weighted by molar-refractivity contribution is 5.94. The first-order valence-electron chi connectivity index (χ1n) is 8.69. The molecule has 3 rings (SSSR count). The van der Waals surface area contributed by atoms with E-state index >= 15 is 0 Å². The van der Waals surface area contributed by atoms with Gasteiger partial charge in [-0.3, -0.25) is 9.59 Å². The van der Waals surface area contributed by atoms with Gasteiger partial charge in [-0.05, 0) is 37.8 Å². The maximum Gasteiger partial charge on any atom is 0.253 e. The number of nitrogens with zero attached hydrogens (tertiary/aromatic N) is 2. The maximum atomic E-state index is 12.8. The molecule has 1 aromatic carbocycles. The van der Waals surface area contributed by atoms with E-state index in [1.54, 1.807) is 0 Å². The second-order valence-corrected chi connectivity index (χ2v) is 7.17. The predicted octanol–water partition coefficient (Wildman–Crippen LogP) is 2.94. The summed E-state index contributed by atoms with van der Waals surface area (Å²) in [5.41, 5.74) is 0.605. The third kappa shape index (κ3) is 2.99. The van der Waals surface area contributed by atoms with E-state index in [1.165, 1.54) is 0 Å². The van der Waals surface area contributed by atoms with E-state index in [0.29, 0.717) is 6.54 Å². The topological polar surface area (TPSA) is 40.6 Å². The molecule has 2 aliphatic rings. The summed E-state index contributed by atoms with van der Waals surface area (Å²) >= 11 is 0. The molecule has 0 radical (unpaired) electrons. The fraction of sp³-hybridized carbons (Fsp3) is 0.579. The van der Waals surface area contributed by atoms with Crippen molar-refractivity contribution < 1.29 is 9.59 Å². The van der Waals surface area contributed by atoms with Crippen LogP contribution in [-0.2, 0) is 4.79 Å². The van der Waals surface area contributed by atoms with Crippen molar-refractivity contribution >= 4 is 11.8 Å². The summed E-state index contributed by atoms with van der Waals surface area (Å²) in [4.78, 5) is 29.4. The molecule has 1 spiro atoms. The highest BCUT2D eigenvalue weighted by atomic mass is 16.2. The normalized spacial score (nSPS) is 24.5. The van der Waals surface area contributed by atoms with Crippen molar-refractivity contribution in [1.82, 2.24) is 9.80 Å². The van der Waals surface area contributed by atoms with E-state index in [2.05, 4.69) is 4.90 Å². The molecule has 2 heterocycles. The van der Waals surface area contributed by atoms with Gasteiger partial charge in [-0.2, -0.15) is 0 Å². The van der Waals surface area contributed by atoms with Gasteiger partial charge in [0.25, 0.3) is 5.91 Å². The molecule has 0 bridgehead atoms. The Labute approximate surface area is 138 Å². The van der Waals surface area contributed by atoms with Crippen LogP contribution < -0.4 is 0 Å². The number of hydrogen-bond acceptors (Lipinski definition) is 2. The van der Waals surface area contributed by atoms with Gasteiger partial charge in [-0.1, -0.05) is 32.0 Å². The lowest BCUT2D eigenvalue weighted by Crippen LogP contribution is -2.59. The zero-order chi connectivity index (χ0) is 16.4. The van der Waals surface area contributed by atoms with Gasteiger partial charge in [0, 0.05) is 31.1 Å². The van der Waals surface area contributed by atoms with Crippen molar-refractivity contribution in [2.75, 3.05) is 19.6 Å². The molecule has 0 aliphatic carbocycles. The number of carbonyl (C=O) groups is 2. The quantitative estimate of drug-likeness (QED) is 0.842. The Morgan fingerprint density at radius 2 is 1.70 bits per heavy atom. The van der Waals surface area contributed by atoms with E-state index in [4.69, 9.17) is 0 Å². The number of piperidine rings is 1.